The minimum atomic E-state index is -0.587. The second kappa shape index (κ2) is 8.93. The summed E-state index contributed by atoms with van der Waals surface area (Å²) in [5, 5.41) is 9.77. The number of oxime groups is 2. The van der Waals surface area contributed by atoms with Gasteiger partial charge in [0.05, 0.1) is 18.3 Å². The van der Waals surface area contributed by atoms with E-state index in [2.05, 4.69) is 15.3 Å². The van der Waals surface area contributed by atoms with Crippen molar-refractivity contribution in [1.29, 1.82) is 0 Å². The van der Waals surface area contributed by atoms with Crippen molar-refractivity contribution in [1.82, 2.24) is 4.98 Å². The zero-order valence-electron chi connectivity index (χ0n) is 14.5. The molecule has 1 heterocycles. The second-order valence-electron chi connectivity index (χ2n) is 5.04. The first-order chi connectivity index (χ1) is 12.1. The van der Waals surface area contributed by atoms with Gasteiger partial charge in [-0.25, -0.2) is 9.78 Å². The summed E-state index contributed by atoms with van der Waals surface area (Å²) in [5.41, 5.74) is 5.55. The Kier molecular flexibility index (Phi) is 6.64. The van der Waals surface area contributed by atoms with Crippen molar-refractivity contribution in [3.05, 3.63) is 51.5 Å². The maximum absolute atomic E-state index is 12.0. The number of esters is 1. The lowest BCUT2D eigenvalue weighted by Crippen LogP contribution is -2.20. The van der Waals surface area contributed by atoms with Crippen LogP contribution in [0, 0.1) is 6.92 Å². The number of hydrogen-bond donors (Lipinski definition) is 0. The van der Waals surface area contributed by atoms with Gasteiger partial charge in [0.2, 0.25) is 0 Å². The van der Waals surface area contributed by atoms with Gasteiger partial charge in [0.1, 0.15) is 19.4 Å². The Morgan fingerprint density at radius 3 is 2.72 bits per heavy atom. The number of aromatic nitrogens is 1. The first-order valence-electron chi connectivity index (χ1n) is 7.42. The molecule has 8 heteroatoms. The van der Waals surface area contributed by atoms with E-state index < -0.39 is 5.97 Å². The van der Waals surface area contributed by atoms with Crippen LogP contribution < -0.4 is 0 Å². The third-order valence-electron chi connectivity index (χ3n) is 3.44. The highest BCUT2D eigenvalue weighted by Crippen LogP contribution is 2.18. The molecule has 1 aromatic carbocycles. The molecule has 2 rings (SSSR count). The van der Waals surface area contributed by atoms with Crippen LogP contribution in [0.15, 0.2) is 39.4 Å². The predicted molar refractivity (Wildman–Crippen MR) is 95.9 cm³/mol. The number of benzene rings is 1. The summed E-state index contributed by atoms with van der Waals surface area (Å²) in [5.74, 6) is -0.587. The summed E-state index contributed by atoms with van der Waals surface area (Å²) in [7, 11) is 2.66. The molecule has 25 heavy (non-hydrogen) atoms. The number of ether oxygens (including phenoxy) is 1. The molecule has 0 aliphatic rings. The summed E-state index contributed by atoms with van der Waals surface area (Å²) >= 11 is 1.49. The lowest BCUT2D eigenvalue weighted by Gasteiger charge is -2.12. The molecule has 0 atom stereocenters. The van der Waals surface area contributed by atoms with E-state index in [0.29, 0.717) is 11.3 Å². The van der Waals surface area contributed by atoms with E-state index in [0.717, 1.165) is 16.8 Å². The zero-order valence-corrected chi connectivity index (χ0v) is 15.3. The number of aryl methyl sites for hydroxylation is 1. The van der Waals surface area contributed by atoms with E-state index >= 15 is 0 Å². The number of nitrogens with zero attached hydrogens (tertiary/aromatic N) is 3. The third-order valence-corrected chi connectivity index (χ3v) is 4.03. The molecule has 0 aliphatic heterocycles. The molecule has 0 N–H and O–H groups in total. The number of hydrogen-bond acceptors (Lipinski definition) is 8. The van der Waals surface area contributed by atoms with Crippen LogP contribution in [0.2, 0.25) is 0 Å². The Labute approximate surface area is 149 Å². The van der Waals surface area contributed by atoms with Gasteiger partial charge in [0.25, 0.3) is 0 Å². The molecule has 0 saturated heterocycles. The monoisotopic (exact) mass is 361 g/mol. The van der Waals surface area contributed by atoms with Crippen molar-refractivity contribution in [3.8, 4) is 0 Å². The molecular formula is C17H19N3O4S. The molecule has 0 radical (unpaired) electrons. The molecule has 0 unspecified atom stereocenters. The van der Waals surface area contributed by atoms with Crippen molar-refractivity contribution < 1.29 is 19.2 Å². The van der Waals surface area contributed by atoms with Crippen LogP contribution in [-0.4, -0.2) is 36.6 Å². The van der Waals surface area contributed by atoms with Crippen molar-refractivity contribution in [2.45, 2.75) is 20.5 Å². The minimum Gasteiger partial charge on any atom is -0.464 e. The molecular weight excluding hydrogens is 342 g/mol. The smallest absolute Gasteiger partial charge is 0.360 e. The fourth-order valence-electron chi connectivity index (χ4n) is 2.13. The van der Waals surface area contributed by atoms with Crippen molar-refractivity contribution in [2.24, 2.45) is 10.3 Å². The van der Waals surface area contributed by atoms with Gasteiger partial charge in [-0.2, -0.15) is 0 Å². The van der Waals surface area contributed by atoms with Gasteiger partial charge in [-0.15, -0.1) is 11.3 Å². The fourth-order valence-corrected chi connectivity index (χ4v) is 2.73. The Bertz CT molecular complexity index is 785. The molecule has 0 amide bonds. The highest BCUT2D eigenvalue weighted by atomic mass is 32.1. The number of thiazole rings is 1. The summed E-state index contributed by atoms with van der Waals surface area (Å²) in [4.78, 5) is 26.4. The minimum absolute atomic E-state index is 0.0764. The highest BCUT2D eigenvalue weighted by molar-refractivity contribution is 7.07. The maximum atomic E-state index is 12.0. The topological polar surface area (TPSA) is 82.4 Å². The average Bonchev–Trinajstić information content (AvgIpc) is 3.15. The molecule has 132 valence electrons. The van der Waals surface area contributed by atoms with E-state index in [4.69, 9.17) is 14.4 Å². The molecule has 0 bridgehead atoms. The Balaban J connectivity index is 2.27. The first-order valence-corrected chi connectivity index (χ1v) is 8.36. The molecule has 7 nitrogen and oxygen atoms in total. The Morgan fingerprint density at radius 1 is 1.28 bits per heavy atom. The van der Waals surface area contributed by atoms with E-state index in [1.54, 1.807) is 11.6 Å². The highest BCUT2D eigenvalue weighted by Gasteiger charge is 2.20. The SMILES string of the molecule is CO/N=C(/C(=O)OC)c1cccc(C)c1CO/N=C(\C)c1cscn1. The standard InChI is InChI=1S/C17H19N3O4S/c1-11-6-5-7-13(16(20-23-4)17(21)22-3)14(11)8-24-19-12(2)15-9-25-10-18-15/h5-7,9-10H,8H2,1-4H3/b19-12+,20-16+. The van der Waals surface area contributed by atoms with E-state index in [9.17, 15) is 4.79 Å². The average molecular weight is 361 g/mol. The molecule has 0 fully saturated rings. The van der Waals surface area contributed by atoms with Gasteiger partial charge in [-0.05, 0) is 19.4 Å². The quantitative estimate of drug-likeness (QED) is 0.430. The molecule has 0 aliphatic carbocycles. The van der Waals surface area contributed by atoms with Crippen molar-refractivity contribution in [2.75, 3.05) is 14.2 Å². The van der Waals surface area contributed by atoms with Crippen LogP contribution in [0.5, 0.6) is 0 Å². The van der Waals surface area contributed by atoms with Crippen molar-refractivity contribution in [3.63, 3.8) is 0 Å². The van der Waals surface area contributed by atoms with Crippen LogP contribution >= 0.6 is 11.3 Å². The van der Waals surface area contributed by atoms with E-state index in [-0.39, 0.29) is 12.3 Å². The van der Waals surface area contributed by atoms with Crippen molar-refractivity contribution >= 4 is 28.7 Å². The van der Waals surface area contributed by atoms with Gasteiger partial charge < -0.3 is 14.4 Å². The molecule has 0 spiro atoms. The Hall–Kier alpha value is -2.74. The number of methoxy groups -OCH3 is 1. The number of carbonyl (C=O) groups is 1. The Morgan fingerprint density at radius 2 is 2.08 bits per heavy atom. The second-order valence-corrected chi connectivity index (χ2v) is 5.76. The van der Waals surface area contributed by atoms with Gasteiger partial charge in [0, 0.05) is 16.5 Å². The zero-order chi connectivity index (χ0) is 18.2. The van der Waals surface area contributed by atoms with Crippen LogP contribution in [0.25, 0.3) is 0 Å². The maximum Gasteiger partial charge on any atom is 0.360 e. The summed E-state index contributed by atoms with van der Waals surface area (Å²) in [6.45, 7) is 3.91. The first kappa shape index (κ1) is 18.6. The predicted octanol–water partition coefficient (Wildman–Crippen LogP) is 2.92. The third kappa shape index (κ3) is 4.63. The normalized spacial score (nSPS) is 12.0. The summed E-state index contributed by atoms with van der Waals surface area (Å²) < 4.78 is 4.78. The van der Waals surface area contributed by atoms with Gasteiger partial charge in [-0.3, -0.25) is 0 Å². The van der Waals surface area contributed by atoms with Crippen LogP contribution in [0.1, 0.15) is 29.3 Å². The van der Waals surface area contributed by atoms with Crippen LogP contribution in [-0.2, 0) is 25.8 Å². The van der Waals surface area contributed by atoms with E-state index in [1.165, 1.54) is 25.6 Å². The van der Waals surface area contributed by atoms with Gasteiger partial charge in [-0.1, -0.05) is 28.5 Å². The lowest BCUT2D eigenvalue weighted by molar-refractivity contribution is -0.132. The number of carbonyl (C=O) groups excluding carboxylic acids is 1. The van der Waals surface area contributed by atoms with Gasteiger partial charge in [0.15, 0.2) is 5.71 Å². The summed E-state index contributed by atoms with van der Waals surface area (Å²) in [6.07, 6.45) is 0. The number of rotatable bonds is 7. The lowest BCUT2D eigenvalue weighted by atomic mass is 9.99. The van der Waals surface area contributed by atoms with Gasteiger partial charge >= 0.3 is 5.97 Å². The van der Waals surface area contributed by atoms with Crippen LogP contribution in [0.3, 0.4) is 0 Å². The van der Waals surface area contributed by atoms with E-state index in [1.807, 2.05) is 31.4 Å². The summed E-state index contributed by atoms with van der Waals surface area (Å²) in [6, 6.07) is 5.50. The fraction of sp³-hybridized carbons (Fsp3) is 0.294. The molecule has 1 aromatic heterocycles. The van der Waals surface area contributed by atoms with Crippen LogP contribution in [0.4, 0.5) is 0 Å². The largest absolute Gasteiger partial charge is 0.464 e. The molecule has 2 aromatic rings. The molecule has 0 saturated carbocycles.